The van der Waals surface area contributed by atoms with Gasteiger partial charge in [0.25, 0.3) is 0 Å². The van der Waals surface area contributed by atoms with Crippen LogP contribution < -0.4 is 5.32 Å². The highest BCUT2D eigenvalue weighted by atomic mass is 32.1. The van der Waals surface area contributed by atoms with Crippen LogP contribution in [0.1, 0.15) is 13.8 Å². The number of thiol groups is 1. The Labute approximate surface area is 62.1 Å². The van der Waals surface area contributed by atoms with Gasteiger partial charge in [-0.15, -0.1) is 0 Å². The van der Waals surface area contributed by atoms with Crippen LogP contribution in [-0.2, 0) is 0 Å². The fourth-order valence-electron chi connectivity index (χ4n) is 0.650. The molecule has 0 radical (unpaired) electrons. The van der Waals surface area contributed by atoms with Gasteiger partial charge in [0.05, 0.1) is 6.10 Å². The maximum Gasteiger partial charge on any atom is 0.0673 e. The van der Waals surface area contributed by atoms with E-state index in [0.29, 0.717) is 5.75 Å². The topological polar surface area (TPSA) is 32.3 Å². The van der Waals surface area contributed by atoms with Gasteiger partial charge in [0.1, 0.15) is 0 Å². The van der Waals surface area contributed by atoms with Crippen LogP contribution in [0.3, 0.4) is 0 Å². The molecule has 0 saturated heterocycles. The minimum atomic E-state index is -0.303. The molecule has 0 aliphatic carbocycles. The van der Waals surface area contributed by atoms with Crippen molar-refractivity contribution in [3.63, 3.8) is 0 Å². The largest absolute Gasteiger partial charge is 0.392 e. The summed E-state index contributed by atoms with van der Waals surface area (Å²) in [5.74, 6) is 0.686. The molecule has 0 aromatic carbocycles. The van der Waals surface area contributed by atoms with Crippen LogP contribution in [0.4, 0.5) is 0 Å². The molecule has 3 heteroatoms. The Morgan fingerprint density at radius 1 is 1.67 bits per heavy atom. The molecule has 0 spiro atoms. The molecule has 0 fully saturated rings. The predicted molar refractivity (Wildman–Crippen MR) is 43.0 cm³/mol. The summed E-state index contributed by atoms with van der Waals surface area (Å²) < 4.78 is 0. The first-order chi connectivity index (χ1) is 4.22. The number of aliphatic hydroxyl groups is 1. The van der Waals surface area contributed by atoms with Gasteiger partial charge in [-0.25, -0.2) is 0 Å². The van der Waals surface area contributed by atoms with E-state index in [9.17, 15) is 0 Å². The monoisotopic (exact) mass is 149 g/mol. The van der Waals surface area contributed by atoms with Gasteiger partial charge in [-0.3, -0.25) is 0 Å². The minimum Gasteiger partial charge on any atom is -0.392 e. The average Bonchev–Trinajstić information content (AvgIpc) is 1.82. The van der Waals surface area contributed by atoms with Gasteiger partial charge in [0, 0.05) is 11.8 Å². The van der Waals surface area contributed by atoms with Crippen LogP contribution in [0.5, 0.6) is 0 Å². The van der Waals surface area contributed by atoms with Gasteiger partial charge < -0.3 is 10.4 Å². The van der Waals surface area contributed by atoms with Gasteiger partial charge in [-0.05, 0) is 13.5 Å². The second kappa shape index (κ2) is 5.09. The summed E-state index contributed by atoms with van der Waals surface area (Å²) in [6, 6.07) is 0.137. The zero-order valence-corrected chi connectivity index (χ0v) is 6.86. The number of hydrogen-bond donors (Lipinski definition) is 3. The third-order valence-electron chi connectivity index (χ3n) is 1.25. The Bertz CT molecular complexity index is 68.1. The van der Waals surface area contributed by atoms with Gasteiger partial charge in [0.15, 0.2) is 0 Å². The fraction of sp³-hybridized carbons (Fsp3) is 1.00. The summed E-state index contributed by atoms with van der Waals surface area (Å²) in [6.45, 7) is 4.67. The van der Waals surface area contributed by atoms with Gasteiger partial charge in [-0.1, -0.05) is 6.92 Å². The average molecular weight is 149 g/mol. The van der Waals surface area contributed by atoms with E-state index >= 15 is 0 Å². The van der Waals surface area contributed by atoms with Crippen molar-refractivity contribution < 1.29 is 5.11 Å². The van der Waals surface area contributed by atoms with Gasteiger partial charge in [-0.2, -0.15) is 12.6 Å². The third-order valence-corrected chi connectivity index (χ3v) is 1.64. The number of hydrogen-bond acceptors (Lipinski definition) is 3. The number of likely N-dealkylation sites (N-methyl/N-ethyl adjacent to an activating group) is 1. The summed E-state index contributed by atoms with van der Waals surface area (Å²) in [7, 11) is 0. The Morgan fingerprint density at radius 2 is 2.22 bits per heavy atom. The highest BCUT2D eigenvalue weighted by molar-refractivity contribution is 7.80. The number of aliphatic hydroxyl groups excluding tert-OH is 1. The van der Waals surface area contributed by atoms with Crippen LogP contribution in [0.25, 0.3) is 0 Å². The van der Waals surface area contributed by atoms with E-state index in [0.717, 1.165) is 6.54 Å². The Hall–Kier alpha value is 0.270. The first-order valence-corrected chi connectivity index (χ1v) is 3.88. The van der Waals surface area contributed by atoms with Crippen LogP contribution in [0.2, 0.25) is 0 Å². The zero-order valence-electron chi connectivity index (χ0n) is 5.96. The Balaban J connectivity index is 3.41. The lowest BCUT2D eigenvalue weighted by Crippen LogP contribution is -2.39. The highest BCUT2D eigenvalue weighted by Crippen LogP contribution is 1.93. The van der Waals surface area contributed by atoms with Crippen LogP contribution >= 0.6 is 12.6 Å². The van der Waals surface area contributed by atoms with E-state index in [4.69, 9.17) is 5.11 Å². The lowest BCUT2D eigenvalue weighted by Gasteiger charge is -2.17. The van der Waals surface area contributed by atoms with Crippen molar-refractivity contribution in [2.24, 2.45) is 0 Å². The van der Waals surface area contributed by atoms with E-state index < -0.39 is 0 Å². The quantitative estimate of drug-likeness (QED) is 0.501. The van der Waals surface area contributed by atoms with Crippen molar-refractivity contribution in [3.8, 4) is 0 Å². The first-order valence-electron chi connectivity index (χ1n) is 3.24. The Kier molecular flexibility index (Phi) is 5.24. The van der Waals surface area contributed by atoms with Crippen molar-refractivity contribution >= 4 is 12.6 Å². The highest BCUT2D eigenvalue weighted by Gasteiger charge is 2.09. The third kappa shape index (κ3) is 3.78. The molecule has 0 aromatic rings. The van der Waals surface area contributed by atoms with Crippen molar-refractivity contribution in [3.05, 3.63) is 0 Å². The minimum absolute atomic E-state index is 0.137. The van der Waals surface area contributed by atoms with E-state index in [-0.39, 0.29) is 12.1 Å². The lowest BCUT2D eigenvalue weighted by molar-refractivity contribution is 0.156. The molecule has 0 aliphatic heterocycles. The normalized spacial score (nSPS) is 17.3. The molecule has 2 N–H and O–H groups in total. The standard InChI is InChI=1S/C6H15NOS/c1-3-7-6(4-9)5(2)8/h5-9H,3-4H2,1-2H3. The molecule has 9 heavy (non-hydrogen) atoms. The van der Waals surface area contributed by atoms with E-state index in [1.165, 1.54) is 0 Å². The predicted octanol–water partition coefficient (Wildman–Crippen LogP) is 0.275. The zero-order chi connectivity index (χ0) is 7.28. The van der Waals surface area contributed by atoms with Crippen LogP contribution in [0.15, 0.2) is 0 Å². The molecule has 0 bridgehead atoms. The van der Waals surface area contributed by atoms with Crippen molar-refractivity contribution in [1.29, 1.82) is 0 Å². The first kappa shape index (κ1) is 9.27. The van der Waals surface area contributed by atoms with Crippen LogP contribution in [0, 0.1) is 0 Å². The molecule has 0 heterocycles. The Morgan fingerprint density at radius 3 is 2.33 bits per heavy atom. The molecule has 0 rings (SSSR count). The number of nitrogens with one attached hydrogen (secondary N) is 1. The second-order valence-electron chi connectivity index (χ2n) is 2.09. The van der Waals surface area contributed by atoms with E-state index in [2.05, 4.69) is 17.9 Å². The summed E-state index contributed by atoms with van der Waals surface area (Å²) in [5.41, 5.74) is 0. The summed E-state index contributed by atoms with van der Waals surface area (Å²) >= 11 is 4.07. The van der Waals surface area contributed by atoms with Crippen molar-refractivity contribution in [2.75, 3.05) is 12.3 Å². The molecule has 0 amide bonds. The fourth-order valence-corrected chi connectivity index (χ4v) is 1.08. The molecule has 0 aromatic heterocycles. The summed E-state index contributed by atoms with van der Waals surface area (Å²) in [4.78, 5) is 0. The summed E-state index contributed by atoms with van der Waals surface area (Å²) in [6.07, 6.45) is -0.303. The summed E-state index contributed by atoms with van der Waals surface area (Å²) in [5, 5.41) is 12.1. The molecule has 2 unspecified atom stereocenters. The van der Waals surface area contributed by atoms with Crippen molar-refractivity contribution in [2.45, 2.75) is 26.0 Å². The maximum absolute atomic E-state index is 9.03. The molecule has 2 nitrogen and oxygen atoms in total. The molecule has 56 valence electrons. The molecular formula is C6H15NOS. The SMILES string of the molecule is CCNC(CS)C(C)O. The molecule has 0 saturated carbocycles. The molecular weight excluding hydrogens is 134 g/mol. The van der Waals surface area contributed by atoms with Gasteiger partial charge >= 0.3 is 0 Å². The smallest absolute Gasteiger partial charge is 0.0673 e. The van der Waals surface area contributed by atoms with Gasteiger partial charge in [0.2, 0.25) is 0 Å². The van der Waals surface area contributed by atoms with E-state index in [1.54, 1.807) is 6.92 Å². The second-order valence-corrected chi connectivity index (χ2v) is 2.45. The lowest BCUT2D eigenvalue weighted by atomic mass is 10.2. The van der Waals surface area contributed by atoms with E-state index in [1.807, 2.05) is 6.92 Å². The van der Waals surface area contributed by atoms with Crippen molar-refractivity contribution in [1.82, 2.24) is 5.32 Å². The molecule has 0 aliphatic rings. The van der Waals surface area contributed by atoms with Crippen LogP contribution in [-0.4, -0.2) is 29.5 Å². The molecule has 2 atom stereocenters. The maximum atomic E-state index is 9.03. The number of rotatable bonds is 4.